The Morgan fingerprint density at radius 2 is 2.00 bits per heavy atom. The smallest absolute Gasteiger partial charge is 0.320 e. The van der Waals surface area contributed by atoms with E-state index in [-0.39, 0.29) is 29.6 Å². The lowest BCUT2D eigenvalue weighted by atomic mass is 9.44. The summed E-state index contributed by atoms with van der Waals surface area (Å²) in [5, 5.41) is 11.0. The van der Waals surface area contributed by atoms with Crippen molar-refractivity contribution in [1.82, 2.24) is 0 Å². The molecule has 4 rings (SSSR count). The van der Waals surface area contributed by atoms with E-state index in [0.29, 0.717) is 24.8 Å². The first kappa shape index (κ1) is 17.0. The molecule has 1 N–H and O–H groups in total. The summed E-state index contributed by atoms with van der Waals surface area (Å²) in [5.41, 5.74) is -1.82. The Morgan fingerprint density at radius 1 is 1.28 bits per heavy atom. The first-order valence-electron chi connectivity index (χ1n) is 9.25. The van der Waals surface area contributed by atoms with Crippen molar-refractivity contribution in [2.75, 3.05) is 6.61 Å². The molecule has 0 unspecified atom stereocenters. The third-order valence-corrected chi connectivity index (χ3v) is 7.72. The zero-order valence-electron chi connectivity index (χ0n) is 14.9. The van der Waals surface area contributed by atoms with Crippen molar-refractivity contribution >= 4 is 18.0 Å². The fourth-order valence-corrected chi connectivity index (χ4v) is 6.71. The van der Waals surface area contributed by atoms with Gasteiger partial charge in [-0.25, -0.2) is 0 Å². The molecular weight excluding hydrogens is 320 g/mol. The number of rotatable bonds is 1. The monoisotopic (exact) mass is 346 g/mol. The average molecular weight is 346 g/mol. The van der Waals surface area contributed by atoms with Gasteiger partial charge < -0.3 is 14.6 Å². The number of esters is 1. The quantitative estimate of drug-likeness (QED) is 0.340. The number of aliphatic hydroxyl groups is 1. The first-order chi connectivity index (χ1) is 11.7. The minimum atomic E-state index is -1.34. The lowest BCUT2D eigenvalue weighted by Crippen LogP contribution is -2.66. The second-order valence-electron chi connectivity index (χ2n) is 9.27. The maximum Gasteiger partial charge on any atom is 0.320 e. The number of hydrogen-bond donors (Lipinski definition) is 1. The molecular formula is C20H26O5. The molecule has 1 saturated heterocycles. The second kappa shape index (κ2) is 5.03. The van der Waals surface area contributed by atoms with E-state index in [9.17, 15) is 19.5 Å². The van der Waals surface area contributed by atoms with E-state index in [2.05, 4.69) is 20.4 Å². The Kier molecular flexibility index (Phi) is 3.41. The Labute approximate surface area is 147 Å². The van der Waals surface area contributed by atoms with Crippen LogP contribution in [0.25, 0.3) is 0 Å². The highest BCUT2D eigenvalue weighted by atomic mass is 16.5. The highest BCUT2D eigenvalue weighted by Crippen LogP contribution is 2.67. The minimum absolute atomic E-state index is 0.118. The normalized spacial score (nSPS) is 48.2. The standard InChI is InChI=1S/C20H26O5/c1-11-12-7-13(22)15-19(6-4-5-18(2,3)14(19)9-21)10-25-17(24)20(15,8-12)16(11)23/h9,12-15,22H,1,4-8,10H2,2-3H3/t12-,13+,14+,15-,19-,20-/m0/s1. The Hall–Kier alpha value is -1.49. The van der Waals surface area contributed by atoms with E-state index < -0.39 is 28.8 Å². The summed E-state index contributed by atoms with van der Waals surface area (Å²) in [6.07, 6.45) is 3.50. The van der Waals surface area contributed by atoms with E-state index in [1.807, 2.05) is 0 Å². The van der Waals surface area contributed by atoms with Crippen LogP contribution in [0.4, 0.5) is 0 Å². The predicted octanol–water partition coefficient (Wildman–Crippen LogP) is 2.07. The molecule has 2 spiro atoms. The lowest BCUT2D eigenvalue weighted by Gasteiger charge is -2.60. The molecule has 0 aromatic heterocycles. The van der Waals surface area contributed by atoms with Crippen LogP contribution in [-0.4, -0.2) is 35.9 Å². The van der Waals surface area contributed by atoms with Crippen LogP contribution in [-0.2, 0) is 19.1 Å². The van der Waals surface area contributed by atoms with Gasteiger partial charge in [-0.15, -0.1) is 0 Å². The molecule has 4 aliphatic rings. The van der Waals surface area contributed by atoms with E-state index >= 15 is 0 Å². The number of allylic oxidation sites excluding steroid dienone is 1. The molecule has 3 saturated carbocycles. The van der Waals surface area contributed by atoms with Crippen molar-refractivity contribution in [2.45, 2.75) is 52.1 Å². The molecule has 5 heteroatoms. The number of aliphatic hydroxyl groups excluding tert-OH is 1. The number of ether oxygens (including phenoxy) is 1. The van der Waals surface area contributed by atoms with Gasteiger partial charge in [0, 0.05) is 17.3 Å². The van der Waals surface area contributed by atoms with Crippen molar-refractivity contribution in [1.29, 1.82) is 0 Å². The van der Waals surface area contributed by atoms with Gasteiger partial charge in [0.25, 0.3) is 0 Å². The summed E-state index contributed by atoms with van der Waals surface area (Å²) in [6.45, 7) is 8.13. The molecule has 0 aromatic carbocycles. The van der Waals surface area contributed by atoms with Crippen LogP contribution in [0.2, 0.25) is 0 Å². The Balaban J connectivity index is 1.92. The zero-order chi connectivity index (χ0) is 18.2. The van der Waals surface area contributed by atoms with Crippen LogP contribution < -0.4 is 0 Å². The van der Waals surface area contributed by atoms with Crippen molar-refractivity contribution in [3.63, 3.8) is 0 Å². The lowest BCUT2D eigenvalue weighted by molar-refractivity contribution is -0.225. The maximum absolute atomic E-state index is 13.1. The molecule has 136 valence electrons. The third-order valence-electron chi connectivity index (χ3n) is 7.72. The van der Waals surface area contributed by atoms with Crippen molar-refractivity contribution in [3.05, 3.63) is 12.2 Å². The number of ketones is 1. The number of fused-ring (bicyclic) bond motifs is 2. The highest BCUT2D eigenvalue weighted by Gasteiger charge is 2.74. The summed E-state index contributed by atoms with van der Waals surface area (Å²) in [7, 11) is 0. The molecule has 5 nitrogen and oxygen atoms in total. The fraction of sp³-hybridized carbons (Fsp3) is 0.750. The van der Waals surface area contributed by atoms with Gasteiger partial charge in [-0.2, -0.15) is 0 Å². The molecule has 0 amide bonds. The van der Waals surface area contributed by atoms with Crippen LogP contribution >= 0.6 is 0 Å². The number of carbonyl (C=O) groups is 3. The summed E-state index contributed by atoms with van der Waals surface area (Å²) < 4.78 is 5.58. The third kappa shape index (κ3) is 1.85. The van der Waals surface area contributed by atoms with E-state index in [0.717, 1.165) is 19.1 Å². The molecule has 1 aliphatic heterocycles. The molecule has 6 atom stereocenters. The average Bonchev–Trinajstić information content (AvgIpc) is 2.73. The molecule has 1 heterocycles. The van der Waals surface area contributed by atoms with Crippen LogP contribution in [0.1, 0.15) is 46.0 Å². The van der Waals surface area contributed by atoms with E-state index in [4.69, 9.17) is 4.74 Å². The van der Waals surface area contributed by atoms with Gasteiger partial charge in [0.2, 0.25) is 0 Å². The van der Waals surface area contributed by atoms with Crippen molar-refractivity contribution < 1.29 is 24.2 Å². The zero-order valence-corrected chi connectivity index (χ0v) is 14.9. The summed E-state index contributed by atoms with van der Waals surface area (Å²) in [6, 6.07) is 0. The van der Waals surface area contributed by atoms with E-state index in [1.165, 1.54) is 0 Å². The second-order valence-corrected chi connectivity index (χ2v) is 9.27. The Morgan fingerprint density at radius 3 is 2.68 bits per heavy atom. The van der Waals surface area contributed by atoms with Crippen LogP contribution in [0, 0.1) is 34.0 Å². The van der Waals surface area contributed by atoms with E-state index in [1.54, 1.807) is 0 Å². The first-order valence-corrected chi connectivity index (χ1v) is 9.25. The SMILES string of the molecule is C=C1C(=O)[C@]23C[C@@H]1C[C@@H](O)[C@H]2[C@@]1(CCCC(C)(C)[C@H]1C=O)COC3=O. The molecule has 0 radical (unpaired) electrons. The summed E-state index contributed by atoms with van der Waals surface area (Å²) in [4.78, 5) is 38.0. The molecule has 2 bridgehead atoms. The van der Waals surface area contributed by atoms with Gasteiger partial charge in [-0.05, 0) is 42.6 Å². The number of aldehydes is 1. The predicted molar refractivity (Wildman–Crippen MR) is 89.4 cm³/mol. The van der Waals surface area contributed by atoms with Crippen LogP contribution in [0.3, 0.4) is 0 Å². The summed E-state index contributed by atoms with van der Waals surface area (Å²) >= 11 is 0. The number of carbonyl (C=O) groups excluding carboxylic acids is 3. The van der Waals surface area contributed by atoms with Gasteiger partial charge in [0.15, 0.2) is 5.78 Å². The molecule has 3 aliphatic carbocycles. The maximum atomic E-state index is 13.1. The van der Waals surface area contributed by atoms with Crippen LogP contribution in [0.15, 0.2) is 12.2 Å². The highest BCUT2D eigenvalue weighted by molar-refractivity contribution is 6.15. The number of Topliss-reactive ketones (excluding diaryl/α,β-unsaturated/α-hetero) is 1. The Bertz CT molecular complexity index is 680. The largest absolute Gasteiger partial charge is 0.464 e. The van der Waals surface area contributed by atoms with Crippen LogP contribution in [0.5, 0.6) is 0 Å². The van der Waals surface area contributed by atoms with Gasteiger partial charge in [0.1, 0.15) is 11.7 Å². The topological polar surface area (TPSA) is 80.7 Å². The van der Waals surface area contributed by atoms with Gasteiger partial charge in [-0.3, -0.25) is 9.59 Å². The number of cyclic esters (lactones) is 1. The van der Waals surface area contributed by atoms with Gasteiger partial charge in [0.05, 0.1) is 12.7 Å². The van der Waals surface area contributed by atoms with Crippen molar-refractivity contribution in [3.8, 4) is 0 Å². The minimum Gasteiger partial charge on any atom is -0.464 e. The fourth-order valence-electron chi connectivity index (χ4n) is 6.71. The molecule has 4 fully saturated rings. The molecule has 25 heavy (non-hydrogen) atoms. The molecule has 0 aromatic rings. The van der Waals surface area contributed by atoms with Crippen molar-refractivity contribution in [2.24, 2.45) is 34.0 Å². The van der Waals surface area contributed by atoms with Gasteiger partial charge in [-0.1, -0.05) is 26.8 Å². The van der Waals surface area contributed by atoms with Gasteiger partial charge >= 0.3 is 5.97 Å². The number of hydrogen-bond acceptors (Lipinski definition) is 5. The summed E-state index contributed by atoms with van der Waals surface area (Å²) in [5.74, 6) is -1.86.